The summed E-state index contributed by atoms with van der Waals surface area (Å²) in [6, 6.07) is 0. The van der Waals surface area contributed by atoms with Crippen LogP contribution in [0.2, 0.25) is 0 Å². The average Bonchev–Trinajstić information content (AvgIpc) is 2.00. The number of aliphatic hydroxyl groups is 1. The van der Waals surface area contributed by atoms with E-state index < -0.39 is 0 Å². The quantitative estimate of drug-likeness (QED) is 0.723. The Morgan fingerprint density at radius 3 is 2.07 bits per heavy atom. The molecule has 4 heteroatoms. The zero-order valence-corrected chi connectivity index (χ0v) is 10.7. The van der Waals surface area contributed by atoms with Gasteiger partial charge in [-0.1, -0.05) is 0 Å². The molecule has 0 aliphatic heterocycles. The first-order chi connectivity index (χ1) is 6.58. The molecule has 4 nitrogen and oxygen atoms in total. The molecular formula is C11H24N2O2. The lowest BCUT2D eigenvalue weighted by molar-refractivity contribution is -0.124. The van der Waals surface area contributed by atoms with Gasteiger partial charge in [-0.05, 0) is 41.7 Å². The van der Waals surface area contributed by atoms with Crippen LogP contribution in [-0.4, -0.2) is 47.2 Å². The van der Waals surface area contributed by atoms with Crippen molar-refractivity contribution < 1.29 is 9.90 Å². The molecule has 0 fully saturated rings. The zero-order chi connectivity index (χ0) is 12.3. The third-order valence-electron chi connectivity index (χ3n) is 2.32. The Morgan fingerprint density at radius 1 is 1.27 bits per heavy atom. The molecule has 0 aromatic heterocycles. The normalized spacial score (nSPS) is 13.1. The Kier molecular flexibility index (Phi) is 4.74. The third-order valence-corrected chi connectivity index (χ3v) is 2.32. The molecule has 0 bridgehead atoms. The van der Waals surface area contributed by atoms with Gasteiger partial charge in [0, 0.05) is 11.1 Å². The van der Waals surface area contributed by atoms with Gasteiger partial charge in [0.1, 0.15) is 0 Å². The molecule has 0 rings (SSSR count). The molecule has 0 unspecified atom stereocenters. The Balaban J connectivity index is 4.20. The van der Waals surface area contributed by atoms with Crippen molar-refractivity contribution >= 4 is 5.91 Å². The van der Waals surface area contributed by atoms with Gasteiger partial charge in [-0.2, -0.15) is 0 Å². The van der Waals surface area contributed by atoms with Crippen molar-refractivity contribution in [3.05, 3.63) is 0 Å². The van der Waals surface area contributed by atoms with Gasteiger partial charge >= 0.3 is 0 Å². The van der Waals surface area contributed by atoms with Crippen LogP contribution in [0.1, 0.15) is 34.6 Å². The lowest BCUT2D eigenvalue weighted by Crippen LogP contribution is -2.51. The van der Waals surface area contributed by atoms with E-state index in [0.717, 1.165) is 0 Å². The summed E-state index contributed by atoms with van der Waals surface area (Å²) in [4.78, 5) is 13.4. The van der Waals surface area contributed by atoms with Crippen molar-refractivity contribution in [3.63, 3.8) is 0 Å². The van der Waals surface area contributed by atoms with E-state index in [1.165, 1.54) is 0 Å². The second-order valence-electron chi connectivity index (χ2n) is 5.62. The maximum atomic E-state index is 11.6. The summed E-state index contributed by atoms with van der Waals surface area (Å²) in [5.74, 6) is -0.0217. The van der Waals surface area contributed by atoms with Crippen LogP contribution in [0.4, 0.5) is 0 Å². The highest BCUT2D eigenvalue weighted by Crippen LogP contribution is 2.10. The minimum atomic E-state index is -0.366. The number of rotatable bonds is 4. The topological polar surface area (TPSA) is 52.6 Å². The van der Waals surface area contributed by atoms with Crippen LogP contribution in [0.15, 0.2) is 0 Å². The van der Waals surface area contributed by atoms with Gasteiger partial charge in [0.05, 0.1) is 13.2 Å². The number of hydrogen-bond donors (Lipinski definition) is 2. The second-order valence-corrected chi connectivity index (χ2v) is 5.62. The molecule has 15 heavy (non-hydrogen) atoms. The fourth-order valence-electron chi connectivity index (χ4n) is 1.01. The highest BCUT2D eigenvalue weighted by atomic mass is 16.3. The number of carbonyl (C=O) groups is 1. The number of likely N-dealkylation sites (N-methyl/N-ethyl adjacent to an activating group) is 1. The van der Waals surface area contributed by atoms with Crippen LogP contribution in [0, 0.1) is 0 Å². The van der Waals surface area contributed by atoms with Crippen molar-refractivity contribution in [3.8, 4) is 0 Å². The van der Waals surface area contributed by atoms with E-state index in [1.54, 1.807) is 0 Å². The van der Waals surface area contributed by atoms with Crippen molar-refractivity contribution in [1.82, 2.24) is 10.2 Å². The molecular weight excluding hydrogens is 192 g/mol. The SMILES string of the molecule is CN(CC(=O)NC(C)(C)C)C(C)(C)CO. The summed E-state index contributed by atoms with van der Waals surface area (Å²) >= 11 is 0. The van der Waals surface area contributed by atoms with Gasteiger partial charge in [-0.25, -0.2) is 0 Å². The van der Waals surface area contributed by atoms with Crippen LogP contribution in [0.25, 0.3) is 0 Å². The summed E-state index contributed by atoms with van der Waals surface area (Å²) < 4.78 is 0. The van der Waals surface area contributed by atoms with Crippen LogP contribution < -0.4 is 5.32 Å². The lowest BCUT2D eigenvalue weighted by atomic mass is 10.1. The lowest BCUT2D eigenvalue weighted by Gasteiger charge is -2.34. The standard InChI is InChI=1S/C11H24N2O2/c1-10(2,3)12-9(15)7-13(6)11(4,5)8-14/h14H,7-8H2,1-6H3,(H,12,15). The maximum Gasteiger partial charge on any atom is 0.234 e. The van der Waals surface area contributed by atoms with Gasteiger partial charge < -0.3 is 10.4 Å². The molecule has 0 radical (unpaired) electrons. The Bertz CT molecular complexity index is 219. The Hall–Kier alpha value is -0.610. The smallest absolute Gasteiger partial charge is 0.234 e. The van der Waals surface area contributed by atoms with Gasteiger partial charge in [0.2, 0.25) is 5.91 Å². The fourth-order valence-corrected chi connectivity index (χ4v) is 1.01. The molecule has 2 N–H and O–H groups in total. The summed E-state index contributed by atoms with van der Waals surface area (Å²) in [7, 11) is 1.83. The number of aliphatic hydroxyl groups excluding tert-OH is 1. The predicted octanol–water partition coefficient (Wildman–Crippen LogP) is 0.604. The molecule has 0 heterocycles. The number of nitrogens with one attached hydrogen (secondary N) is 1. The van der Waals surface area contributed by atoms with Crippen LogP contribution in [0.5, 0.6) is 0 Å². The number of carbonyl (C=O) groups excluding carboxylic acids is 1. The molecule has 90 valence electrons. The number of nitrogens with zero attached hydrogens (tertiary/aromatic N) is 1. The molecule has 0 spiro atoms. The fraction of sp³-hybridized carbons (Fsp3) is 0.909. The molecule has 0 atom stereocenters. The first kappa shape index (κ1) is 14.4. The molecule has 0 aliphatic rings. The first-order valence-corrected chi connectivity index (χ1v) is 5.21. The highest BCUT2D eigenvalue weighted by molar-refractivity contribution is 5.78. The van der Waals surface area contributed by atoms with E-state index in [9.17, 15) is 4.79 Å². The minimum absolute atomic E-state index is 0.0217. The van der Waals surface area contributed by atoms with Crippen molar-refractivity contribution in [2.45, 2.75) is 45.7 Å². The third kappa shape index (κ3) is 5.74. The summed E-state index contributed by atoms with van der Waals surface area (Å²) in [5, 5.41) is 12.0. The van der Waals surface area contributed by atoms with Gasteiger partial charge in [-0.3, -0.25) is 9.69 Å². The minimum Gasteiger partial charge on any atom is -0.394 e. The highest BCUT2D eigenvalue weighted by Gasteiger charge is 2.25. The van der Waals surface area contributed by atoms with E-state index in [-0.39, 0.29) is 23.6 Å². The Labute approximate surface area is 92.7 Å². The van der Waals surface area contributed by atoms with E-state index in [1.807, 2.05) is 46.6 Å². The zero-order valence-electron chi connectivity index (χ0n) is 10.7. The molecule has 0 saturated heterocycles. The van der Waals surface area contributed by atoms with Crippen molar-refractivity contribution in [2.24, 2.45) is 0 Å². The Morgan fingerprint density at radius 2 is 1.73 bits per heavy atom. The van der Waals surface area contributed by atoms with E-state index >= 15 is 0 Å². The van der Waals surface area contributed by atoms with E-state index in [0.29, 0.717) is 6.54 Å². The van der Waals surface area contributed by atoms with Gasteiger partial charge in [0.15, 0.2) is 0 Å². The van der Waals surface area contributed by atoms with Crippen LogP contribution >= 0.6 is 0 Å². The number of amides is 1. The van der Waals surface area contributed by atoms with Crippen LogP contribution in [-0.2, 0) is 4.79 Å². The van der Waals surface area contributed by atoms with Crippen molar-refractivity contribution in [1.29, 1.82) is 0 Å². The molecule has 0 saturated carbocycles. The van der Waals surface area contributed by atoms with Gasteiger partial charge in [-0.15, -0.1) is 0 Å². The predicted molar refractivity (Wildman–Crippen MR) is 61.7 cm³/mol. The van der Waals surface area contributed by atoms with Crippen LogP contribution in [0.3, 0.4) is 0 Å². The monoisotopic (exact) mass is 216 g/mol. The molecule has 0 aromatic rings. The van der Waals surface area contributed by atoms with Crippen molar-refractivity contribution in [2.75, 3.05) is 20.2 Å². The van der Waals surface area contributed by atoms with E-state index in [4.69, 9.17) is 5.11 Å². The first-order valence-electron chi connectivity index (χ1n) is 5.21. The molecule has 1 amide bonds. The molecule has 0 aliphatic carbocycles. The van der Waals surface area contributed by atoms with Gasteiger partial charge in [0.25, 0.3) is 0 Å². The summed E-state index contributed by atoms with van der Waals surface area (Å²) in [5.41, 5.74) is -0.573. The van der Waals surface area contributed by atoms with E-state index in [2.05, 4.69) is 5.32 Å². The molecule has 0 aromatic carbocycles. The number of hydrogen-bond acceptors (Lipinski definition) is 3. The summed E-state index contributed by atoms with van der Waals surface area (Å²) in [6.45, 7) is 9.97. The largest absolute Gasteiger partial charge is 0.394 e. The summed E-state index contributed by atoms with van der Waals surface area (Å²) in [6.07, 6.45) is 0. The second kappa shape index (κ2) is 4.94. The average molecular weight is 216 g/mol. The maximum absolute atomic E-state index is 11.6.